The van der Waals surface area contributed by atoms with E-state index < -0.39 is 6.03 Å². The Kier molecular flexibility index (Phi) is 4.93. The number of nitrogens with one attached hydrogen (secondary N) is 1. The van der Waals surface area contributed by atoms with Gasteiger partial charge < -0.3 is 5.73 Å². The molecule has 0 aliphatic rings. The highest BCUT2D eigenvalue weighted by molar-refractivity contribution is 6.36. The number of hydrazone groups is 1. The molecule has 0 aromatic heterocycles. The lowest BCUT2D eigenvalue weighted by atomic mass is 10.1. The molecule has 5 nitrogen and oxygen atoms in total. The first-order valence-corrected chi connectivity index (χ1v) is 5.31. The first-order chi connectivity index (χ1) is 8.00. The Hall–Kier alpha value is -1.59. The quantitative estimate of drug-likeness (QED) is 0.501. The monoisotopic (exact) mass is 273 g/mol. The van der Waals surface area contributed by atoms with Crippen molar-refractivity contribution in [1.29, 1.82) is 0 Å². The number of rotatable bonds is 4. The molecule has 0 fully saturated rings. The van der Waals surface area contributed by atoms with E-state index in [-0.39, 0.29) is 12.2 Å². The van der Waals surface area contributed by atoms with Crippen molar-refractivity contribution in [3.63, 3.8) is 0 Å². The minimum absolute atomic E-state index is 0.0135. The van der Waals surface area contributed by atoms with E-state index in [4.69, 9.17) is 28.9 Å². The second kappa shape index (κ2) is 6.22. The van der Waals surface area contributed by atoms with Crippen molar-refractivity contribution in [2.75, 3.05) is 0 Å². The smallest absolute Gasteiger partial charge is 0.332 e. The highest BCUT2D eigenvalue weighted by Crippen LogP contribution is 2.21. The lowest BCUT2D eigenvalue weighted by Crippen LogP contribution is -2.24. The lowest BCUT2D eigenvalue weighted by molar-refractivity contribution is 0.100. The van der Waals surface area contributed by atoms with Crippen LogP contribution in [0.25, 0.3) is 0 Å². The van der Waals surface area contributed by atoms with E-state index in [9.17, 15) is 9.59 Å². The largest absolute Gasteiger partial charge is 0.350 e. The van der Waals surface area contributed by atoms with Crippen LogP contribution in [0.3, 0.4) is 0 Å². The molecule has 3 N–H and O–H groups in total. The molecule has 17 heavy (non-hydrogen) atoms. The zero-order valence-electron chi connectivity index (χ0n) is 8.61. The number of hydrogen-bond acceptors (Lipinski definition) is 3. The number of primary amides is 1. The fourth-order valence-corrected chi connectivity index (χ4v) is 1.45. The predicted molar refractivity (Wildman–Crippen MR) is 66.6 cm³/mol. The van der Waals surface area contributed by atoms with Crippen molar-refractivity contribution in [1.82, 2.24) is 5.43 Å². The van der Waals surface area contributed by atoms with Crippen LogP contribution >= 0.6 is 23.2 Å². The van der Waals surface area contributed by atoms with Gasteiger partial charge in [0.1, 0.15) is 0 Å². The van der Waals surface area contributed by atoms with Crippen LogP contribution in [0.4, 0.5) is 4.79 Å². The normalized spacial score (nSPS) is 10.5. The SMILES string of the molecule is NC(=O)N/N=C/CC(=O)c1cc(Cl)ccc1Cl. The molecule has 1 aromatic carbocycles. The predicted octanol–water partition coefficient (Wildman–Crippen LogP) is 2.22. The van der Waals surface area contributed by atoms with E-state index in [0.29, 0.717) is 15.6 Å². The van der Waals surface area contributed by atoms with Crippen LogP contribution in [0.1, 0.15) is 16.8 Å². The maximum Gasteiger partial charge on any atom is 0.332 e. The number of nitrogens with zero attached hydrogens (tertiary/aromatic N) is 1. The molecule has 0 aliphatic carbocycles. The third-order valence-corrected chi connectivity index (χ3v) is 2.34. The molecule has 0 saturated heterocycles. The van der Waals surface area contributed by atoms with Gasteiger partial charge in [-0.15, -0.1) is 0 Å². The van der Waals surface area contributed by atoms with E-state index in [1.165, 1.54) is 18.3 Å². The van der Waals surface area contributed by atoms with Crippen molar-refractivity contribution in [3.05, 3.63) is 33.8 Å². The number of benzene rings is 1. The molecular formula is C10H9Cl2N3O2. The summed E-state index contributed by atoms with van der Waals surface area (Å²) in [4.78, 5) is 22.0. The molecule has 0 saturated carbocycles. The summed E-state index contributed by atoms with van der Waals surface area (Å²) in [6.07, 6.45) is 1.21. The Bertz CT molecular complexity index is 475. The van der Waals surface area contributed by atoms with Crippen LogP contribution in [0, 0.1) is 0 Å². The molecule has 1 aromatic rings. The Balaban J connectivity index is 2.67. The topological polar surface area (TPSA) is 84.6 Å². The van der Waals surface area contributed by atoms with Crippen molar-refractivity contribution < 1.29 is 9.59 Å². The van der Waals surface area contributed by atoms with E-state index in [2.05, 4.69) is 5.10 Å². The standard InChI is InChI=1S/C10H9Cl2N3O2/c11-6-1-2-8(12)7(5-6)9(16)3-4-14-15-10(13)17/h1-2,4-5H,3H2,(H3,13,15,17)/b14-4+. The van der Waals surface area contributed by atoms with E-state index in [1.54, 1.807) is 6.07 Å². The van der Waals surface area contributed by atoms with Gasteiger partial charge in [0.05, 0.1) is 5.02 Å². The van der Waals surface area contributed by atoms with Crippen molar-refractivity contribution in [3.8, 4) is 0 Å². The number of nitrogens with two attached hydrogens (primary N) is 1. The molecule has 2 amide bonds. The molecule has 0 aliphatic heterocycles. The summed E-state index contributed by atoms with van der Waals surface area (Å²) in [6, 6.07) is 3.80. The Morgan fingerprint density at radius 2 is 2.12 bits per heavy atom. The van der Waals surface area contributed by atoms with Crippen LogP contribution in [-0.4, -0.2) is 18.0 Å². The third-order valence-electron chi connectivity index (χ3n) is 1.77. The molecule has 0 heterocycles. The summed E-state index contributed by atoms with van der Waals surface area (Å²) < 4.78 is 0. The summed E-state index contributed by atoms with van der Waals surface area (Å²) in [5.74, 6) is -0.257. The summed E-state index contributed by atoms with van der Waals surface area (Å²) in [6.45, 7) is 0. The molecular weight excluding hydrogens is 265 g/mol. The van der Waals surface area contributed by atoms with Crippen molar-refractivity contribution >= 4 is 41.2 Å². The van der Waals surface area contributed by atoms with Crippen LogP contribution in [0.5, 0.6) is 0 Å². The van der Waals surface area contributed by atoms with Gasteiger partial charge in [-0.3, -0.25) is 4.79 Å². The molecule has 7 heteroatoms. The van der Waals surface area contributed by atoms with Crippen LogP contribution < -0.4 is 11.2 Å². The van der Waals surface area contributed by atoms with Crippen molar-refractivity contribution in [2.45, 2.75) is 6.42 Å². The molecule has 0 atom stereocenters. The number of amides is 2. The number of carbonyl (C=O) groups is 2. The van der Waals surface area contributed by atoms with Gasteiger partial charge in [0.25, 0.3) is 0 Å². The summed E-state index contributed by atoms with van der Waals surface area (Å²) in [5, 5.41) is 4.18. The highest BCUT2D eigenvalue weighted by Gasteiger charge is 2.09. The van der Waals surface area contributed by atoms with Gasteiger partial charge in [-0.25, -0.2) is 10.2 Å². The van der Waals surface area contributed by atoms with Gasteiger partial charge in [0.15, 0.2) is 5.78 Å². The fourth-order valence-electron chi connectivity index (χ4n) is 1.06. The zero-order valence-corrected chi connectivity index (χ0v) is 10.1. The maximum atomic E-state index is 11.7. The lowest BCUT2D eigenvalue weighted by Gasteiger charge is -2.01. The van der Waals surface area contributed by atoms with Gasteiger partial charge in [-0.1, -0.05) is 23.2 Å². The van der Waals surface area contributed by atoms with Gasteiger partial charge >= 0.3 is 6.03 Å². The third kappa shape index (κ3) is 4.42. The Morgan fingerprint density at radius 1 is 1.41 bits per heavy atom. The molecule has 0 radical (unpaired) electrons. The number of halogens is 2. The Labute approximate surface area is 108 Å². The van der Waals surface area contributed by atoms with Gasteiger partial charge in [-0.05, 0) is 18.2 Å². The average Bonchev–Trinajstić information content (AvgIpc) is 2.27. The van der Waals surface area contributed by atoms with Gasteiger partial charge in [0.2, 0.25) is 0 Å². The van der Waals surface area contributed by atoms with E-state index in [1.807, 2.05) is 5.43 Å². The summed E-state index contributed by atoms with van der Waals surface area (Å²) >= 11 is 11.6. The fraction of sp³-hybridized carbons (Fsp3) is 0.100. The minimum atomic E-state index is -0.797. The first-order valence-electron chi connectivity index (χ1n) is 4.56. The van der Waals surface area contributed by atoms with Crippen LogP contribution in [0.2, 0.25) is 10.0 Å². The van der Waals surface area contributed by atoms with E-state index >= 15 is 0 Å². The van der Waals surface area contributed by atoms with Crippen LogP contribution in [0.15, 0.2) is 23.3 Å². The molecule has 0 bridgehead atoms. The molecule has 1 rings (SSSR count). The van der Waals surface area contributed by atoms with Crippen molar-refractivity contribution in [2.24, 2.45) is 10.8 Å². The molecule has 0 unspecified atom stereocenters. The number of carbonyl (C=O) groups excluding carboxylic acids is 2. The number of ketones is 1. The number of hydrogen-bond donors (Lipinski definition) is 2. The first kappa shape index (κ1) is 13.5. The summed E-state index contributed by atoms with van der Waals surface area (Å²) in [5.41, 5.74) is 7.06. The second-order valence-electron chi connectivity index (χ2n) is 3.04. The highest BCUT2D eigenvalue weighted by atomic mass is 35.5. The molecule has 90 valence electrons. The maximum absolute atomic E-state index is 11.7. The number of Topliss-reactive ketones (excluding diaryl/α,β-unsaturated/α-hetero) is 1. The zero-order chi connectivity index (χ0) is 12.8. The van der Waals surface area contributed by atoms with Gasteiger partial charge in [0, 0.05) is 23.2 Å². The summed E-state index contributed by atoms with van der Waals surface area (Å²) in [7, 11) is 0. The second-order valence-corrected chi connectivity index (χ2v) is 3.88. The van der Waals surface area contributed by atoms with E-state index in [0.717, 1.165) is 0 Å². The Morgan fingerprint density at radius 3 is 2.76 bits per heavy atom. The average molecular weight is 274 g/mol. The molecule has 0 spiro atoms. The van der Waals surface area contributed by atoms with Gasteiger partial charge in [-0.2, -0.15) is 5.10 Å². The number of urea groups is 1. The van der Waals surface area contributed by atoms with Crippen LogP contribution in [-0.2, 0) is 0 Å². The minimum Gasteiger partial charge on any atom is -0.350 e.